The Morgan fingerprint density at radius 2 is 1.67 bits per heavy atom. The minimum atomic E-state index is -4.75. The summed E-state index contributed by atoms with van der Waals surface area (Å²) in [5, 5.41) is 12.1. The predicted octanol–water partition coefficient (Wildman–Crippen LogP) is 3.77. The molecule has 2 aromatic rings. The molecule has 1 atom stereocenters. The van der Waals surface area contributed by atoms with Crippen molar-refractivity contribution >= 4 is 5.82 Å². The van der Waals surface area contributed by atoms with E-state index < -0.39 is 17.4 Å². The number of likely N-dealkylation sites (tertiary alicyclic amines) is 1. The van der Waals surface area contributed by atoms with Gasteiger partial charge in [-0.2, -0.15) is 0 Å². The third kappa shape index (κ3) is 3.74. The molecule has 0 bridgehead atoms. The molecule has 162 valence electrons. The first-order chi connectivity index (χ1) is 14.1. The van der Waals surface area contributed by atoms with E-state index in [1.165, 1.54) is 24.3 Å². The molecular formula is C22H26F3N3O2. The molecule has 30 heavy (non-hydrogen) atoms. The lowest BCUT2D eigenvalue weighted by Gasteiger charge is -2.56. The fourth-order valence-electron chi connectivity index (χ4n) is 4.90. The first kappa shape index (κ1) is 20.9. The van der Waals surface area contributed by atoms with Crippen LogP contribution in [-0.4, -0.2) is 54.6 Å². The molecule has 4 rings (SSSR count). The van der Waals surface area contributed by atoms with E-state index in [0.717, 1.165) is 31.7 Å². The lowest BCUT2D eigenvalue weighted by Crippen LogP contribution is -2.63. The summed E-state index contributed by atoms with van der Waals surface area (Å²) in [5.74, 6) is 0.508. The molecule has 2 saturated heterocycles. The standard InChI is InChI=1S/C22H26F3N3O2/c1-20(14-27(2)15-20)21(29,16-5-7-18(8-6-16)30-22(23,24)25)17-9-10-26-19(13-17)28-11-3-4-12-28/h5-10,13,29H,3-4,11-12,14-15H2,1-2H3. The maximum absolute atomic E-state index is 12.5. The van der Waals surface area contributed by atoms with Crippen LogP contribution in [0.15, 0.2) is 42.6 Å². The van der Waals surface area contributed by atoms with Crippen LogP contribution in [0.25, 0.3) is 0 Å². The van der Waals surface area contributed by atoms with Gasteiger partial charge in [-0.25, -0.2) is 4.98 Å². The third-order valence-electron chi connectivity index (χ3n) is 6.21. The Morgan fingerprint density at radius 1 is 1.03 bits per heavy atom. The van der Waals surface area contributed by atoms with Gasteiger partial charge in [0.25, 0.3) is 0 Å². The molecule has 1 unspecified atom stereocenters. The van der Waals surface area contributed by atoms with E-state index in [9.17, 15) is 18.3 Å². The van der Waals surface area contributed by atoms with Gasteiger partial charge in [-0.15, -0.1) is 13.2 Å². The zero-order valence-electron chi connectivity index (χ0n) is 17.1. The first-order valence-electron chi connectivity index (χ1n) is 10.1. The molecule has 3 heterocycles. The van der Waals surface area contributed by atoms with Gasteiger partial charge in [0.15, 0.2) is 0 Å². The van der Waals surface area contributed by atoms with E-state index >= 15 is 0 Å². The van der Waals surface area contributed by atoms with E-state index in [1.807, 2.05) is 20.0 Å². The number of hydrogen-bond donors (Lipinski definition) is 1. The van der Waals surface area contributed by atoms with E-state index in [0.29, 0.717) is 24.2 Å². The normalized spacial score (nSPS) is 21.2. The highest BCUT2D eigenvalue weighted by atomic mass is 19.4. The average Bonchev–Trinajstić information content (AvgIpc) is 3.20. The largest absolute Gasteiger partial charge is 0.573 e. The second kappa shape index (κ2) is 7.42. The summed E-state index contributed by atoms with van der Waals surface area (Å²) < 4.78 is 41.6. The number of halogens is 3. The maximum atomic E-state index is 12.5. The monoisotopic (exact) mass is 421 g/mol. The molecule has 2 fully saturated rings. The third-order valence-corrected chi connectivity index (χ3v) is 6.21. The van der Waals surface area contributed by atoms with Gasteiger partial charge in [0, 0.05) is 37.8 Å². The van der Waals surface area contributed by atoms with Crippen molar-refractivity contribution in [2.24, 2.45) is 5.41 Å². The molecular weight excluding hydrogens is 395 g/mol. The molecule has 0 spiro atoms. The van der Waals surface area contributed by atoms with Crippen molar-refractivity contribution in [2.75, 3.05) is 38.1 Å². The summed E-state index contributed by atoms with van der Waals surface area (Å²) in [6.07, 6.45) is -0.838. The van der Waals surface area contributed by atoms with Gasteiger partial charge in [-0.1, -0.05) is 19.1 Å². The van der Waals surface area contributed by atoms with Gasteiger partial charge in [0.1, 0.15) is 17.2 Å². The first-order valence-corrected chi connectivity index (χ1v) is 10.1. The highest BCUT2D eigenvalue weighted by Crippen LogP contribution is 2.50. The van der Waals surface area contributed by atoms with Gasteiger partial charge in [-0.05, 0) is 55.3 Å². The predicted molar refractivity (Wildman–Crippen MR) is 107 cm³/mol. The summed E-state index contributed by atoms with van der Waals surface area (Å²) in [4.78, 5) is 8.78. The van der Waals surface area contributed by atoms with Gasteiger partial charge in [0.05, 0.1) is 0 Å². The summed E-state index contributed by atoms with van der Waals surface area (Å²) in [7, 11) is 1.98. The molecule has 1 aromatic heterocycles. The van der Waals surface area contributed by atoms with E-state index in [4.69, 9.17) is 0 Å². The molecule has 8 heteroatoms. The number of nitrogens with zero attached hydrogens (tertiary/aromatic N) is 3. The van der Waals surface area contributed by atoms with Gasteiger partial charge in [0.2, 0.25) is 0 Å². The number of benzene rings is 1. The Bertz CT molecular complexity index is 891. The number of rotatable bonds is 5. The van der Waals surface area contributed by atoms with Crippen LogP contribution in [0.4, 0.5) is 19.0 Å². The zero-order valence-corrected chi connectivity index (χ0v) is 17.1. The Balaban J connectivity index is 1.74. The average molecular weight is 421 g/mol. The fourth-order valence-corrected chi connectivity index (χ4v) is 4.90. The van der Waals surface area contributed by atoms with Crippen LogP contribution in [0.5, 0.6) is 5.75 Å². The molecule has 2 aliphatic heterocycles. The van der Waals surface area contributed by atoms with Crippen LogP contribution in [0.2, 0.25) is 0 Å². The second-order valence-corrected chi connectivity index (χ2v) is 8.61. The molecule has 1 aromatic carbocycles. The summed E-state index contributed by atoms with van der Waals surface area (Å²) in [6, 6.07) is 9.24. The van der Waals surface area contributed by atoms with Crippen LogP contribution in [0.1, 0.15) is 30.9 Å². The Morgan fingerprint density at radius 3 is 2.23 bits per heavy atom. The van der Waals surface area contributed by atoms with Crippen molar-refractivity contribution in [3.63, 3.8) is 0 Å². The molecule has 5 nitrogen and oxygen atoms in total. The molecule has 1 N–H and O–H groups in total. The van der Waals surface area contributed by atoms with Crippen molar-refractivity contribution < 1.29 is 23.0 Å². The van der Waals surface area contributed by atoms with Crippen molar-refractivity contribution in [3.05, 3.63) is 53.7 Å². The van der Waals surface area contributed by atoms with Crippen molar-refractivity contribution in [3.8, 4) is 5.75 Å². The minimum Gasteiger partial charge on any atom is -0.406 e. The number of aliphatic hydroxyl groups is 1. The lowest BCUT2D eigenvalue weighted by molar-refractivity contribution is -0.274. The van der Waals surface area contributed by atoms with E-state index in [-0.39, 0.29) is 5.75 Å². The lowest BCUT2D eigenvalue weighted by atomic mass is 9.62. The molecule has 0 aliphatic carbocycles. The van der Waals surface area contributed by atoms with Crippen molar-refractivity contribution in [1.29, 1.82) is 0 Å². The molecule has 0 radical (unpaired) electrons. The molecule has 0 saturated carbocycles. The van der Waals surface area contributed by atoms with E-state index in [2.05, 4.69) is 19.5 Å². The van der Waals surface area contributed by atoms with Crippen LogP contribution in [0.3, 0.4) is 0 Å². The second-order valence-electron chi connectivity index (χ2n) is 8.61. The SMILES string of the molecule is CN1CC(C)(C(O)(c2ccc(OC(F)(F)F)cc2)c2ccnc(N3CCCC3)c2)C1. The number of alkyl halides is 3. The minimum absolute atomic E-state index is 0.308. The number of anilines is 1. The smallest absolute Gasteiger partial charge is 0.406 e. The summed E-state index contributed by atoms with van der Waals surface area (Å²) >= 11 is 0. The Hall–Kier alpha value is -2.32. The number of ether oxygens (including phenoxy) is 1. The fraction of sp³-hybridized carbons (Fsp3) is 0.500. The number of hydrogen-bond acceptors (Lipinski definition) is 5. The van der Waals surface area contributed by atoms with Crippen molar-refractivity contribution in [1.82, 2.24) is 9.88 Å². The summed E-state index contributed by atoms with van der Waals surface area (Å²) in [5.41, 5.74) is -0.656. The topological polar surface area (TPSA) is 48.8 Å². The van der Waals surface area contributed by atoms with Crippen LogP contribution in [-0.2, 0) is 5.60 Å². The van der Waals surface area contributed by atoms with Gasteiger partial charge < -0.3 is 19.6 Å². The van der Waals surface area contributed by atoms with Crippen LogP contribution < -0.4 is 9.64 Å². The Kier molecular flexibility index (Phi) is 5.18. The zero-order chi connectivity index (χ0) is 21.6. The maximum Gasteiger partial charge on any atom is 0.573 e. The summed E-state index contributed by atoms with van der Waals surface area (Å²) in [6.45, 7) is 5.18. The quantitative estimate of drug-likeness (QED) is 0.797. The van der Waals surface area contributed by atoms with Crippen molar-refractivity contribution in [2.45, 2.75) is 31.7 Å². The van der Waals surface area contributed by atoms with Crippen LogP contribution >= 0.6 is 0 Å². The molecule has 2 aliphatic rings. The highest BCUT2D eigenvalue weighted by molar-refractivity contribution is 5.49. The number of aromatic nitrogens is 1. The highest BCUT2D eigenvalue weighted by Gasteiger charge is 2.55. The van der Waals surface area contributed by atoms with Crippen LogP contribution in [0, 0.1) is 5.41 Å². The van der Waals surface area contributed by atoms with Gasteiger partial charge >= 0.3 is 6.36 Å². The Labute approximate surface area is 174 Å². The molecule has 0 amide bonds. The number of pyridine rings is 1. The van der Waals surface area contributed by atoms with Gasteiger partial charge in [-0.3, -0.25) is 0 Å². The van der Waals surface area contributed by atoms with E-state index in [1.54, 1.807) is 12.3 Å².